The molecule has 1 amide bonds. The fourth-order valence-corrected chi connectivity index (χ4v) is 5.06. The minimum Gasteiger partial charge on any atom is -0.480 e. The van der Waals surface area contributed by atoms with Gasteiger partial charge in [0.1, 0.15) is 24.4 Å². The van der Waals surface area contributed by atoms with Gasteiger partial charge in [-0.15, -0.1) is 0 Å². The van der Waals surface area contributed by atoms with Gasteiger partial charge < -0.3 is 15.3 Å². The maximum absolute atomic E-state index is 13.0. The Labute approximate surface area is 212 Å². The number of carboxylic acid groups (broad SMARTS) is 1. The molecular weight excluding hydrogens is 482 g/mol. The van der Waals surface area contributed by atoms with E-state index in [1.54, 1.807) is 13.0 Å². The van der Waals surface area contributed by atoms with Crippen molar-refractivity contribution in [3.63, 3.8) is 0 Å². The molecule has 0 aliphatic heterocycles. The molecule has 196 valence electrons. The van der Waals surface area contributed by atoms with Gasteiger partial charge in [0.25, 0.3) is 5.91 Å². The molecule has 3 rings (SSSR count). The Kier molecular flexibility index (Phi) is 9.38. The molecule has 0 bridgehead atoms. The summed E-state index contributed by atoms with van der Waals surface area (Å²) in [5, 5.41) is 12.5. The van der Waals surface area contributed by atoms with Gasteiger partial charge in [0.15, 0.2) is 0 Å². The number of nitrogens with zero attached hydrogens (tertiary/aromatic N) is 4. The lowest BCUT2D eigenvalue weighted by Crippen LogP contribution is -2.39. The van der Waals surface area contributed by atoms with Crippen LogP contribution in [-0.4, -0.2) is 65.9 Å². The van der Waals surface area contributed by atoms with Gasteiger partial charge in [0.05, 0.1) is 0 Å². The first-order valence-corrected chi connectivity index (χ1v) is 13.7. The van der Waals surface area contributed by atoms with E-state index in [1.165, 1.54) is 57.6 Å². The molecule has 1 aromatic rings. The first-order chi connectivity index (χ1) is 17.1. The summed E-state index contributed by atoms with van der Waals surface area (Å²) >= 11 is 0. The lowest BCUT2D eigenvalue weighted by molar-refractivity contribution is -0.137. The molecule has 2 saturated carbocycles. The number of sulfonamides is 1. The summed E-state index contributed by atoms with van der Waals surface area (Å²) in [5.41, 5.74) is 0.952. The van der Waals surface area contributed by atoms with Crippen LogP contribution in [0.3, 0.4) is 0 Å². The van der Waals surface area contributed by atoms with Gasteiger partial charge in [-0.1, -0.05) is 25.8 Å². The largest absolute Gasteiger partial charge is 0.480 e. The number of likely N-dealkylation sites (N-methyl/N-ethyl adjacent to an activating group) is 1. The smallest absolute Gasteiger partial charge is 0.318 e. The number of aromatic nitrogens is 2. The molecule has 2 N–H and O–H groups in total. The molecule has 2 aliphatic carbocycles. The Morgan fingerprint density at radius 3 is 2.50 bits per heavy atom. The molecule has 10 nitrogen and oxygen atoms in total. The zero-order valence-corrected chi connectivity index (χ0v) is 21.7. The predicted molar refractivity (Wildman–Crippen MR) is 138 cm³/mol. The zero-order valence-electron chi connectivity index (χ0n) is 20.9. The highest BCUT2D eigenvalue weighted by Gasteiger charge is 2.30. The fourth-order valence-electron chi connectivity index (χ4n) is 4.19. The summed E-state index contributed by atoms with van der Waals surface area (Å²) in [5.74, 6) is -0.289. The molecule has 0 radical (unpaired) electrons. The first-order valence-electron chi connectivity index (χ1n) is 12.2. The number of carbonyl (C=O) groups excluding carboxylic acids is 1. The van der Waals surface area contributed by atoms with Crippen LogP contribution >= 0.6 is 0 Å². The highest BCUT2D eigenvalue weighted by molar-refractivity contribution is 7.92. The van der Waals surface area contributed by atoms with E-state index in [-0.39, 0.29) is 5.69 Å². The second-order valence-electron chi connectivity index (χ2n) is 9.40. The number of hydrogen-bond acceptors (Lipinski definition) is 7. The van der Waals surface area contributed by atoms with Crippen LogP contribution < -0.4 is 10.2 Å². The van der Waals surface area contributed by atoms with Crippen molar-refractivity contribution in [1.29, 1.82) is 0 Å². The summed E-state index contributed by atoms with van der Waals surface area (Å²) < 4.78 is 25.2. The molecule has 11 heteroatoms. The number of allylic oxidation sites excluding steroid dienone is 3. The number of rotatable bonds is 12. The Morgan fingerprint density at radius 1 is 1.19 bits per heavy atom. The maximum atomic E-state index is 13.0. The van der Waals surface area contributed by atoms with E-state index in [4.69, 9.17) is 5.11 Å². The van der Waals surface area contributed by atoms with E-state index in [2.05, 4.69) is 26.8 Å². The molecule has 0 unspecified atom stereocenters. The number of aliphatic carboxylic acids is 1. The molecule has 1 aromatic heterocycles. The Morgan fingerprint density at radius 2 is 1.89 bits per heavy atom. The van der Waals surface area contributed by atoms with Gasteiger partial charge in [-0.3, -0.25) is 9.59 Å². The van der Waals surface area contributed by atoms with Gasteiger partial charge in [-0.25, -0.2) is 18.4 Å². The third kappa shape index (κ3) is 7.72. The summed E-state index contributed by atoms with van der Waals surface area (Å²) in [6.07, 6.45) is 12.5. The van der Waals surface area contributed by atoms with E-state index in [0.717, 1.165) is 30.6 Å². The molecular formula is C25H35N5O5S. The minimum atomic E-state index is -3.94. The van der Waals surface area contributed by atoms with Crippen molar-refractivity contribution in [1.82, 2.24) is 19.6 Å². The quantitative estimate of drug-likeness (QED) is 0.404. The van der Waals surface area contributed by atoms with E-state index >= 15 is 0 Å². The zero-order chi connectivity index (χ0) is 26.3. The Balaban J connectivity index is 1.76. The van der Waals surface area contributed by atoms with Crippen molar-refractivity contribution in [2.24, 2.45) is 5.92 Å². The Bertz CT molecular complexity index is 1140. The predicted octanol–water partition coefficient (Wildman–Crippen LogP) is 3.08. The van der Waals surface area contributed by atoms with Crippen LogP contribution in [0.5, 0.6) is 0 Å². The maximum Gasteiger partial charge on any atom is 0.318 e. The standard InChI is InChI=1S/C25H35N5O5S/c1-4-21(18(2)12-13-36(34,35)29(3)16-24(31)32)28-25(33)22-14-23(27-17-26-22)30(15-19-10-11-19)20-8-6-5-7-9-20/h4,12-14,17,19-20H,1,5-11,15-16H2,2-3H3,(H,28,33)(H,31,32)/b13-12+,21-18+. The van der Waals surface area contributed by atoms with Gasteiger partial charge >= 0.3 is 5.97 Å². The van der Waals surface area contributed by atoms with E-state index in [0.29, 0.717) is 27.5 Å². The second kappa shape index (κ2) is 12.3. The molecule has 0 spiro atoms. The lowest BCUT2D eigenvalue weighted by Gasteiger charge is -2.35. The van der Waals surface area contributed by atoms with Crippen LogP contribution in [0.1, 0.15) is 62.4 Å². The van der Waals surface area contributed by atoms with E-state index in [9.17, 15) is 18.0 Å². The van der Waals surface area contributed by atoms with E-state index < -0.39 is 28.4 Å². The van der Waals surface area contributed by atoms with Crippen LogP contribution in [0.15, 0.2) is 47.8 Å². The van der Waals surface area contributed by atoms with Crippen molar-refractivity contribution in [3.05, 3.63) is 53.5 Å². The molecule has 2 aliphatic rings. The number of nitrogens with one attached hydrogen (secondary N) is 1. The van der Waals surface area contributed by atoms with E-state index in [1.807, 2.05) is 0 Å². The average Bonchev–Trinajstić information content (AvgIpc) is 3.69. The third-order valence-electron chi connectivity index (χ3n) is 6.51. The molecule has 0 atom stereocenters. The topological polar surface area (TPSA) is 133 Å². The molecule has 2 fully saturated rings. The fraction of sp³-hybridized carbons (Fsp3) is 0.520. The van der Waals surface area contributed by atoms with Gasteiger partial charge in [-0.2, -0.15) is 4.31 Å². The second-order valence-corrected chi connectivity index (χ2v) is 11.3. The van der Waals surface area contributed by atoms with Crippen LogP contribution in [0.2, 0.25) is 0 Å². The van der Waals surface area contributed by atoms with Crippen LogP contribution in [0.4, 0.5) is 5.82 Å². The van der Waals surface area contributed by atoms with Crippen molar-refractivity contribution in [2.75, 3.05) is 25.0 Å². The van der Waals surface area contributed by atoms with Gasteiger partial charge in [0.2, 0.25) is 10.0 Å². The third-order valence-corrected chi connectivity index (χ3v) is 7.98. The van der Waals surface area contributed by atoms with Crippen LogP contribution in [0, 0.1) is 5.92 Å². The minimum absolute atomic E-state index is 0.210. The highest BCUT2D eigenvalue weighted by atomic mass is 32.2. The summed E-state index contributed by atoms with van der Waals surface area (Å²) in [6, 6.07) is 2.13. The molecule has 1 heterocycles. The number of hydrogen-bond donors (Lipinski definition) is 2. The molecule has 0 aromatic carbocycles. The highest BCUT2D eigenvalue weighted by Crippen LogP contribution is 2.34. The van der Waals surface area contributed by atoms with Crippen LogP contribution in [-0.2, 0) is 14.8 Å². The molecule has 36 heavy (non-hydrogen) atoms. The van der Waals surface area contributed by atoms with Crippen molar-refractivity contribution in [3.8, 4) is 0 Å². The average molecular weight is 518 g/mol. The van der Waals surface area contributed by atoms with Crippen molar-refractivity contribution < 1.29 is 23.1 Å². The first kappa shape index (κ1) is 27.5. The number of anilines is 1. The summed E-state index contributed by atoms with van der Waals surface area (Å²) in [4.78, 5) is 34.8. The normalized spacial score (nSPS) is 17.6. The van der Waals surface area contributed by atoms with Gasteiger partial charge in [-0.05, 0) is 56.3 Å². The van der Waals surface area contributed by atoms with Gasteiger partial charge in [0, 0.05) is 36.8 Å². The van der Waals surface area contributed by atoms with Crippen molar-refractivity contribution in [2.45, 2.75) is 57.9 Å². The molecule has 0 saturated heterocycles. The SMILES string of the molecule is C=C/C(NC(=O)c1cc(N(CC2CC2)C2CCCCC2)ncn1)=C(C)\C=C\S(=O)(=O)N(C)CC(=O)O. The number of carboxylic acids is 1. The number of amides is 1. The Hall–Kier alpha value is -3.05. The monoisotopic (exact) mass is 517 g/mol. The van der Waals surface area contributed by atoms with Crippen LogP contribution in [0.25, 0.3) is 0 Å². The summed E-state index contributed by atoms with van der Waals surface area (Å²) in [7, 11) is -2.76. The van der Waals surface area contributed by atoms with Crippen molar-refractivity contribution >= 4 is 27.7 Å². The number of carbonyl (C=O) groups is 2. The summed E-state index contributed by atoms with van der Waals surface area (Å²) in [6.45, 7) is 5.61. The lowest BCUT2D eigenvalue weighted by atomic mass is 9.94.